The minimum absolute atomic E-state index is 0.350. The summed E-state index contributed by atoms with van der Waals surface area (Å²) in [6.45, 7) is 10.4. The predicted molar refractivity (Wildman–Crippen MR) is 73.6 cm³/mol. The van der Waals surface area contributed by atoms with Gasteiger partial charge < -0.3 is 10.6 Å². The molecule has 0 radical (unpaired) electrons. The van der Waals surface area contributed by atoms with E-state index in [-0.39, 0.29) is 0 Å². The minimum atomic E-state index is 0.350. The molecule has 0 aliphatic rings. The molecule has 0 aliphatic carbocycles. The minimum Gasteiger partial charge on any atom is -0.327 e. The Balaban J connectivity index is 3.37. The van der Waals surface area contributed by atoms with Crippen molar-refractivity contribution in [3.05, 3.63) is 12.7 Å². The molecule has 0 bridgehead atoms. The van der Waals surface area contributed by atoms with Gasteiger partial charge in [-0.05, 0) is 51.7 Å². The number of allylic oxidation sites excluding steroid dienone is 1. The van der Waals surface area contributed by atoms with Crippen molar-refractivity contribution in [1.29, 1.82) is 0 Å². The maximum absolute atomic E-state index is 6.02. The van der Waals surface area contributed by atoms with E-state index in [4.69, 9.17) is 5.73 Å². The summed E-state index contributed by atoms with van der Waals surface area (Å²) in [4.78, 5) is 2.40. The van der Waals surface area contributed by atoms with Crippen molar-refractivity contribution in [1.82, 2.24) is 4.90 Å². The first-order valence-electron chi connectivity index (χ1n) is 6.63. The maximum atomic E-state index is 6.02. The van der Waals surface area contributed by atoms with Crippen LogP contribution in [0.4, 0.5) is 0 Å². The smallest absolute Gasteiger partial charge is 0.00740 e. The predicted octanol–water partition coefficient (Wildman–Crippen LogP) is 3.04. The number of nitrogens with two attached hydrogens (primary N) is 1. The van der Waals surface area contributed by atoms with Crippen LogP contribution in [0.25, 0.3) is 0 Å². The average Bonchev–Trinajstić information content (AvgIpc) is 2.25. The Hall–Kier alpha value is -0.340. The Morgan fingerprint density at radius 1 is 1.19 bits per heavy atom. The van der Waals surface area contributed by atoms with Crippen LogP contribution in [-0.2, 0) is 0 Å². The summed E-state index contributed by atoms with van der Waals surface area (Å²) in [5.41, 5.74) is 6.02. The summed E-state index contributed by atoms with van der Waals surface area (Å²) in [7, 11) is 2.19. The van der Waals surface area contributed by atoms with Gasteiger partial charge in [-0.3, -0.25) is 0 Å². The third-order valence-electron chi connectivity index (χ3n) is 3.15. The Kier molecular flexibility index (Phi) is 9.65. The molecular formula is C14H30N2. The molecule has 0 spiro atoms. The molecule has 0 fully saturated rings. The quantitative estimate of drug-likeness (QED) is 0.458. The number of hydrogen-bond acceptors (Lipinski definition) is 2. The van der Waals surface area contributed by atoms with E-state index in [0.29, 0.717) is 12.0 Å². The second-order valence-corrected chi connectivity index (χ2v) is 5.14. The molecule has 0 rings (SSSR count). The fourth-order valence-electron chi connectivity index (χ4n) is 1.66. The molecule has 16 heavy (non-hydrogen) atoms. The van der Waals surface area contributed by atoms with Gasteiger partial charge in [0.05, 0.1) is 0 Å². The van der Waals surface area contributed by atoms with Crippen LogP contribution in [0, 0.1) is 5.92 Å². The molecule has 96 valence electrons. The first-order chi connectivity index (χ1) is 7.57. The SMILES string of the molecule is C=CCCCCCN(C)CCC(N)C(C)C. The van der Waals surface area contributed by atoms with Crippen LogP contribution in [-0.4, -0.2) is 31.1 Å². The van der Waals surface area contributed by atoms with Gasteiger partial charge in [-0.25, -0.2) is 0 Å². The zero-order valence-corrected chi connectivity index (χ0v) is 11.4. The van der Waals surface area contributed by atoms with Gasteiger partial charge in [0.2, 0.25) is 0 Å². The third-order valence-corrected chi connectivity index (χ3v) is 3.15. The number of rotatable bonds is 10. The lowest BCUT2D eigenvalue weighted by Crippen LogP contribution is -2.32. The highest BCUT2D eigenvalue weighted by molar-refractivity contribution is 4.68. The molecule has 0 aromatic rings. The fraction of sp³-hybridized carbons (Fsp3) is 0.857. The summed E-state index contributed by atoms with van der Waals surface area (Å²) in [5.74, 6) is 0.598. The van der Waals surface area contributed by atoms with Crippen molar-refractivity contribution in [3.63, 3.8) is 0 Å². The van der Waals surface area contributed by atoms with Crippen molar-refractivity contribution >= 4 is 0 Å². The standard InChI is InChI=1S/C14H30N2/c1-5-6-7-8-9-11-16(4)12-10-14(15)13(2)3/h5,13-14H,1,6-12,15H2,2-4H3. The molecule has 2 nitrogen and oxygen atoms in total. The lowest BCUT2D eigenvalue weighted by molar-refractivity contribution is 0.296. The Bertz CT molecular complexity index is 166. The van der Waals surface area contributed by atoms with Crippen LogP contribution in [0.1, 0.15) is 46.0 Å². The zero-order chi connectivity index (χ0) is 12.4. The monoisotopic (exact) mass is 226 g/mol. The van der Waals surface area contributed by atoms with Gasteiger partial charge in [-0.15, -0.1) is 6.58 Å². The van der Waals surface area contributed by atoms with Gasteiger partial charge in [-0.2, -0.15) is 0 Å². The van der Waals surface area contributed by atoms with Gasteiger partial charge in [0, 0.05) is 6.04 Å². The van der Waals surface area contributed by atoms with E-state index in [0.717, 1.165) is 19.4 Å². The number of hydrogen-bond donors (Lipinski definition) is 1. The Labute approximate surface area is 102 Å². The Morgan fingerprint density at radius 3 is 2.44 bits per heavy atom. The van der Waals surface area contributed by atoms with Crippen LogP contribution in [0.3, 0.4) is 0 Å². The third kappa shape index (κ3) is 8.93. The highest BCUT2D eigenvalue weighted by Gasteiger charge is 2.08. The van der Waals surface area contributed by atoms with Crippen molar-refractivity contribution in [2.24, 2.45) is 11.7 Å². The van der Waals surface area contributed by atoms with Gasteiger partial charge in [0.1, 0.15) is 0 Å². The lowest BCUT2D eigenvalue weighted by Gasteiger charge is -2.21. The molecule has 1 atom stereocenters. The molecule has 2 heteroatoms. The van der Waals surface area contributed by atoms with Gasteiger partial charge in [-0.1, -0.05) is 26.3 Å². The van der Waals surface area contributed by atoms with E-state index in [1.54, 1.807) is 0 Å². The molecular weight excluding hydrogens is 196 g/mol. The summed E-state index contributed by atoms with van der Waals surface area (Å²) >= 11 is 0. The van der Waals surface area contributed by atoms with Crippen LogP contribution in [0.15, 0.2) is 12.7 Å². The molecule has 0 aliphatic heterocycles. The molecule has 0 saturated carbocycles. The summed E-state index contributed by atoms with van der Waals surface area (Å²) in [5, 5.41) is 0. The highest BCUT2D eigenvalue weighted by atomic mass is 15.1. The molecule has 0 heterocycles. The van der Waals surface area contributed by atoms with Crippen molar-refractivity contribution in [2.45, 2.75) is 52.0 Å². The Morgan fingerprint density at radius 2 is 1.88 bits per heavy atom. The van der Waals surface area contributed by atoms with E-state index >= 15 is 0 Å². The van der Waals surface area contributed by atoms with E-state index in [2.05, 4.69) is 32.4 Å². The molecule has 0 aromatic heterocycles. The second kappa shape index (κ2) is 9.86. The number of nitrogens with zero attached hydrogens (tertiary/aromatic N) is 1. The molecule has 0 aromatic carbocycles. The van der Waals surface area contributed by atoms with E-state index in [9.17, 15) is 0 Å². The van der Waals surface area contributed by atoms with Crippen LogP contribution in [0.2, 0.25) is 0 Å². The van der Waals surface area contributed by atoms with Crippen LogP contribution < -0.4 is 5.73 Å². The first-order valence-corrected chi connectivity index (χ1v) is 6.63. The fourth-order valence-corrected chi connectivity index (χ4v) is 1.66. The molecule has 0 amide bonds. The van der Waals surface area contributed by atoms with E-state index in [1.807, 2.05) is 6.08 Å². The summed E-state index contributed by atoms with van der Waals surface area (Å²) < 4.78 is 0. The molecule has 0 saturated heterocycles. The van der Waals surface area contributed by atoms with Crippen molar-refractivity contribution < 1.29 is 0 Å². The van der Waals surface area contributed by atoms with E-state index < -0.39 is 0 Å². The zero-order valence-electron chi connectivity index (χ0n) is 11.4. The topological polar surface area (TPSA) is 29.3 Å². The molecule has 1 unspecified atom stereocenters. The van der Waals surface area contributed by atoms with E-state index in [1.165, 1.54) is 25.8 Å². The average molecular weight is 226 g/mol. The van der Waals surface area contributed by atoms with Gasteiger partial charge in [0.15, 0.2) is 0 Å². The highest BCUT2D eigenvalue weighted by Crippen LogP contribution is 2.05. The number of unbranched alkanes of at least 4 members (excludes halogenated alkanes) is 3. The van der Waals surface area contributed by atoms with Crippen molar-refractivity contribution in [2.75, 3.05) is 20.1 Å². The molecule has 2 N–H and O–H groups in total. The second-order valence-electron chi connectivity index (χ2n) is 5.14. The first kappa shape index (κ1) is 15.7. The normalized spacial score (nSPS) is 13.4. The van der Waals surface area contributed by atoms with Gasteiger partial charge in [0.25, 0.3) is 0 Å². The van der Waals surface area contributed by atoms with Gasteiger partial charge >= 0.3 is 0 Å². The summed E-state index contributed by atoms with van der Waals surface area (Å²) in [6.07, 6.45) is 8.16. The summed E-state index contributed by atoms with van der Waals surface area (Å²) in [6, 6.07) is 0.350. The largest absolute Gasteiger partial charge is 0.327 e. The van der Waals surface area contributed by atoms with Crippen LogP contribution >= 0.6 is 0 Å². The lowest BCUT2D eigenvalue weighted by atomic mass is 10.0. The van der Waals surface area contributed by atoms with Crippen molar-refractivity contribution in [3.8, 4) is 0 Å². The maximum Gasteiger partial charge on any atom is 0.00740 e. The van der Waals surface area contributed by atoms with Crippen LogP contribution in [0.5, 0.6) is 0 Å².